The maximum absolute atomic E-state index is 5.73. The number of aryl methyl sites for hydroxylation is 1. The second-order valence-corrected chi connectivity index (χ2v) is 4.29. The number of nitrogens with zero attached hydrogens (tertiary/aromatic N) is 3. The molecule has 84 valence electrons. The Bertz CT molecular complexity index is 500. The van der Waals surface area contributed by atoms with Crippen molar-refractivity contribution in [2.45, 2.75) is 32.4 Å². The van der Waals surface area contributed by atoms with Crippen molar-refractivity contribution >= 4 is 10.9 Å². The van der Waals surface area contributed by atoms with Gasteiger partial charge in [0.15, 0.2) is 6.23 Å². The molecule has 1 saturated heterocycles. The Labute approximate surface area is 94.2 Å². The summed E-state index contributed by atoms with van der Waals surface area (Å²) < 4.78 is 7.69. The van der Waals surface area contributed by atoms with E-state index in [0.717, 1.165) is 36.0 Å². The molecule has 0 saturated carbocycles. The molecule has 0 aromatic carbocycles. The van der Waals surface area contributed by atoms with Gasteiger partial charge in [-0.25, -0.2) is 4.68 Å². The van der Waals surface area contributed by atoms with Gasteiger partial charge in [0, 0.05) is 17.7 Å². The number of aromatic nitrogens is 3. The third kappa shape index (κ3) is 1.59. The molecule has 4 nitrogen and oxygen atoms in total. The number of fused-ring (bicyclic) bond motifs is 1. The molecule has 0 spiro atoms. The van der Waals surface area contributed by atoms with E-state index in [1.807, 2.05) is 24.0 Å². The Morgan fingerprint density at radius 2 is 2.31 bits per heavy atom. The van der Waals surface area contributed by atoms with Crippen LogP contribution >= 0.6 is 0 Å². The molecule has 4 heteroatoms. The number of hydrogen-bond donors (Lipinski definition) is 0. The van der Waals surface area contributed by atoms with E-state index in [-0.39, 0.29) is 6.23 Å². The number of pyridine rings is 1. The average Bonchev–Trinajstić information content (AvgIpc) is 2.73. The van der Waals surface area contributed by atoms with Crippen molar-refractivity contribution in [1.29, 1.82) is 0 Å². The lowest BCUT2D eigenvalue weighted by Gasteiger charge is -2.23. The first-order valence-electron chi connectivity index (χ1n) is 5.76. The number of hydrogen-bond acceptors (Lipinski definition) is 3. The van der Waals surface area contributed by atoms with Crippen molar-refractivity contribution in [3.8, 4) is 0 Å². The van der Waals surface area contributed by atoms with E-state index in [4.69, 9.17) is 4.74 Å². The molecule has 1 aliphatic heterocycles. The van der Waals surface area contributed by atoms with Gasteiger partial charge in [-0.15, -0.1) is 0 Å². The second kappa shape index (κ2) is 3.87. The van der Waals surface area contributed by atoms with Gasteiger partial charge in [0.05, 0.1) is 17.9 Å². The summed E-state index contributed by atoms with van der Waals surface area (Å²) in [6.45, 7) is 2.83. The van der Waals surface area contributed by atoms with Gasteiger partial charge >= 0.3 is 0 Å². The Morgan fingerprint density at radius 3 is 3.12 bits per heavy atom. The summed E-state index contributed by atoms with van der Waals surface area (Å²) in [4.78, 5) is 4.32. The minimum absolute atomic E-state index is 0.0933. The van der Waals surface area contributed by atoms with Crippen molar-refractivity contribution < 1.29 is 4.74 Å². The minimum atomic E-state index is 0.0933. The second-order valence-electron chi connectivity index (χ2n) is 4.29. The Kier molecular flexibility index (Phi) is 2.36. The fraction of sp³-hybridized carbons (Fsp3) is 0.500. The Morgan fingerprint density at radius 1 is 1.38 bits per heavy atom. The molecule has 0 bridgehead atoms. The molecule has 0 aliphatic carbocycles. The fourth-order valence-electron chi connectivity index (χ4n) is 2.20. The molecule has 1 aliphatic rings. The summed E-state index contributed by atoms with van der Waals surface area (Å²) in [5.74, 6) is 0. The molecule has 1 atom stereocenters. The van der Waals surface area contributed by atoms with Crippen LogP contribution in [0.1, 0.15) is 31.2 Å². The predicted octanol–water partition coefficient (Wildman–Crippen LogP) is 2.44. The lowest BCUT2D eigenvalue weighted by molar-refractivity contribution is -0.0367. The smallest absolute Gasteiger partial charge is 0.150 e. The molecule has 16 heavy (non-hydrogen) atoms. The van der Waals surface area contributed by atoms with Crippen LogP contribution in [0.25, 0.3) is 10.9 Å². The topological polar surface area (TPSA) is 39.9 Å². The number of ether oxygens (including phenoxy) is 1. The van der Waals surface area contributed by atoms with Gasteiger partial charge in [0.1, 0.15) is 0 Å². The van der Waals surface area contributed by atoms with Crippen LogP contribution in [0.3, 0.4) is 0 Å². The quantitative estimate of drug-likeness (QED) is 0.736. The SMILES string of the molecule is Cc1cc2cnn(C3CCCCO3)c2cn1. The van der Waals surface area contributed by atoms with Crippen molar-refractivity contribution in [2.24, 2.45) is 0 Å². The third-order valence-corrected chi connectivity index (χ3v) is 3.05. The molecule has 1 fully saturated rings. The molecule has 3 rings (SSSR count). The van der Waals surface area contributed by atoms with Crippen LogP contribution in [-0.2, 0) is 4.74 Å². The van der Waals surface area contributed by atoms with Crippen LogP contribution in [-0.4, -0.2) is 21.4 Å². The largest absolute Gasteiger partial charge is 0.356 e. The van der Waals surface area contributed by atoms with E-state index in [0.29, 0.717) is 0 Å². The highest BCUT2D eigenvalue weighted by molar-refractivity contribution is 5.77. The van der Waals surface area contributed by atoms with E-state index >= 15 is 0 Å². The first-order chi connectivity index (χ1) is 7.84. The van der Waals surface area contributed by atoms with Crippen LogP contribution in [0, 0.1) is 6.92 Å². The normalized spacial score (nSPS) is 21.4. The van der Waals surface area contributed by atoms with Gasteiger partial charge < -0.3 is 4.74 Å². The molecule has 2 aromatic heterocycles. The van der Waals surface area contributed by atoms with E-state index in [1.54, 1.807) is 0 Å². The van der Waals surface area contributed by atoms with Crippen LogP contribution in [0.2, 0.25) is 0 Å². The molecule has 2 aromatic rings. The van der Waals surface area contributed by atoms with E-state index in [2.05, 4.69) is 16.1 Å². The van der Waals surface area contributed by atoms with Gasteiger partial charge in [0.2, 0.25) is 0 Å². The monoisotopic (exact) mass is 217 g/mol. The van der Waals surface area contributed by atoms with Gasteiger partial charge in [0.25, 0.3) is 0 Å². The zero-order chi connectivity index (χ0) is 11.0. The van der Waals surface area contributed by atoms with Crippen LogP contribution in [0.5, 0.6) is 0 Å². The van der Waals surface area contributed by atoms with Gasteiger partial charge in [-0.2, -0.15) is 5.10 Å². The molecular weight excluding hydrogens is 202 g/mol. The lowest BCUT2D eigenvalue weighted by Crippen LogP contribution is -2.18. The third-order valence-electron chi connectivity index (χ3n) is 3.05. The predicted molar refractivity (Wildman–Crippen MR) is 61.1 cm³/mol. The summed E-state index contributed by atoms with van der Waals surface area (Å²) in [5.41, 5.74) is 2.09. The summed E-state index contributed by atoms with van der Waals surface area (Å²) in [6.07, 6.45) is 7.29. The van der Waals surface area contributed by atoms with Crippen LogP contribution in [0.4, 0.5) is 0 Å². The maximum Gasteiger partial charge on any atom is 0.150 e. The summed E-state index contributed by atoms with van der Waals surface area (Å²) in [7, 11) is 0. The standard InChI is InChI=1S/C12H15N3O/c1-9-6-10-7-14-15(11(10)8-13-9)12-4-2-3-5-16-12/h6-8,12H,2-5H2,1H3. The highest BCUT2D eigenvalue weighted by Gasteiger charge is 2.18. The van der Waals surface area contributed by atoms with Crippen LogP contribution in [0.15, 0.2) is 18.5 Å². The van der Waals surface area contributed by atoms with Crippen LogP contribution < -0.4 is 0 Å². The van der Waals surface area contributed by atoms with Crippen molar-refractivity contribution in [3.05, 3.63) is 24.2 Å². The van der Waals surface area contributed by atoms with Gasteiger partial charge in [-0.05, 0) is 32.3 Å². The van der Waals surface area contributed by atoms with E-state index in [9.17, 15) is 0 Å². The minimum Gasteiger partial charge on any atom is -0.356 e. The Balaban J connectivity index is 2.03. The molecule has 0 N–H and O–H groups in total. The molecule has 3 heterocycles. The fourth-order valence-corrected chi connectivity index (χ4v) is 2.20. The highest BCUT2D eigenvalue weighted by Crippen LogP contribution is 2.25. The molecule has 0 radical (unpaired) electrons. The summed E-state index contributed by atoms with van der Waals surface area (Å²) in [6, 6.07) is 2.06. The lowest BCUT2D eigenvalue weighted by atomic mass is 10.2. The zero-order valence-electron chi connectivity index (χ0n) is 9.39. The number of rotatable bonds is 1. The first kappa shape index (κ1) is 9.78. The summed E-state index contributed by atoms with van der Waals surface area (Å²) >= 11 is 0. The maximum atomic E-state index is 5.73. The highest BCUT2D eigenvalue weighted by atomic mass is 16.5. The van der Waals surface area contributed by atoms with Crippen molar-refractivity contribution in [1.82, 2.24) is 14.8 Å². The zero-order valence-corrected chi connectivity index (χ0v) is 9.39. The Hall–Kier alpha value is -1.42. The molecule has 1 unspecified atom stereocenters. The summed E-state index contributed by atoms with van der Waals surface area (Å²) in [5, 5.41) is 5.55. The van der Waals surface area contributed by atoms with Gasteiger partial charge in [-0.1, -0.05) is 0 Å². The van der Waals surface area contributed by atoms with Crippen molar-refractivity contribution in [2.75, 3.05) is 6.61 Å². The first-order valence-corrected chi connectivity index (χ1v) is 5.76. The van der Waals surface area contributed by atoms with E-state index < -0.39 is 0 Å². The van der Waals surface area contributed by atoms with Gasteiger partial charge in [-0.3, -0.25) is 4.98 Å². The molecule has 0 amide bonds. The molecular formula is C12H15N3O. The average molecular weight is 217 g/mol. The van der Waals surface area contributed by atoms with E-state index in [1.165, 1.54) is 6.42 Å². The van der Waals surface area contributed by atoms with Crippen molar-refractivity contribution in [3.63, 3.8) is 0 Å².